The summed E-state index contributed by atoms with van der Waals surface area (Å²) in [7, 11) is 1.66. The number of aryl methyl sites for hydroxylation is 1. The minimum atomic E-state index is -0.382. The monoisotopic (exact) mass is 413 g/mol. The number of fused-ring (bicyclic) bond motifs is 3. The predicted molar refractivity (Wildman–Crippen MR) is 124 cm³/mol. The van der Waals surface area contributed by atoms with Crippen LogP contribution >= 0.6 is 0 Å². The third-order valence-electron chi connectivity index (χ3n) is 5.71. The molecule has 1 amide bonds. The highest BCUT2D eigenvalue weighted by Crippen LogP contribution is 2.44. The van der Waals surface area contributed by atoms with Crippen molar-refractivity contribution in [2.75, 3.05) is 20.3 Å². The molecule has 3 aromatic rings. The first-order valence-electron chi connectivity index (χ1n) is 10.6. The highest BCUT2D eigenvalue weighted by Gasteiger charge is 2.28. The van der Waals surface area contributed by atoms with Gasteiger partial charge in [0.25, 0.3) is 0 Å². The van der Waals surface area contributed by atoms with Crippen LogP contribution in [0.2, 0.25) is 0 Å². The molecule has 0 unspecified atom stereocenters. The van der Waals surface area contributed by atoms with Gasteiger partial charge in [-0.2, -0.15) is 0 Å². The van der Waals surface area contributed by atoms with Crippen LogP contribution in [-0.4, -0.2) is 26.4 Å². The lowest BCUT2D eigenvalue weighted by molar-refractivity contribution is 0.143. The summed E-state index contributed by atoms with van der Waals surface area (Å²) in [5, 5.41) is 2.84. The summed E-state index contributed by atoms with van der Waals surface area (Å²) in [5.41, 5.74) is 7.18. The number of carbonyl (C=O) groups is 1. The zero-order valence-electron chi connectivity index (χ0n) is 17.9. The minimum Gasteiger partial charge on any atom is -0.497 e. The average Bonchev–Trinajstić information content (AvgIpc) is 3.12. The standard InChI is InChI=1S/C27H27NO3/c1-19-14-15-21(30-2)17-20(19)9-7-8-16-28-27(29)31-18-26-24-12-5-3-10-22(24)23-11-4-6-13-25(23)26/h3-7,9-15,17,26H,8,16,18H2,1-2H3,(H,28,29). The number of alkyl carbamates (subject to hydrolysis) is 1. The smallest absolute Gasteiger partial charge is 0.407 e. The van der Waals surface area contributed by atoms with E-state index in [1.807, 2.05) is 48.5 Å². The van der Waals surface area contributed by atoms with Crippen molar-refractivity contribution in [1.29, 1.82) is 0 Å². The molecule has 0 atom stereocenters. The van der Waals surface area contributed by atoms with Gasteiger partial charge in [0.15, 0.2) is 0 Å². The number of benzene rings is 3. The number of rotatable bonds is 7. The Labute approximate surface area is 183 Å². The van der Waals surface area contributed by atoms with Crippen LogP contribution in [0.25, 0.3) is 17.2 Å². The van der Waals surface area contributed by atoms with Gasteiger partial charge in [0.2, 0.25) is 0 Å². The Hall–Kier alpha value is -3.53. The summed E-state index contributed by atoms with van der Waals surface area (Å²) >= 11 is 0. The number of ether oxygens (including phenoxy) is 2. The molecule has 0 heterocycles. The van der Waals surface area contributed by atoms with E-state index < -0.39 is 0 Å². The zero-order valence-corrected chi connectivity index (χ0v) is 17.9. The maximum Gasteiger partial charge on any atom is 0.407 e. The molecule has 4 nitrogen and oxygen atoms in total. The van der Waals surface area contributed by atoms with E-state index >= 15 is 0 Å². The van der Waals surface area contributed by atoms with Crippen molar-refractivity contribution in [2.24, 2.45) is 0 Å². The van der Waals surface area contributed by atoms with Gasteiger partial charge < -0.3 is 14.8 Å². The minimum absolute atomic E-state index is 0.0779. The van der Waals surface area contributed by atoms with Crippen molar-refractivity contribution < 1.29 is 14.3 Å². The van der Waals surface area contributed by atoms with Crippen molar-refractivity contribution in [3.05, 3.63) is 95.1 Å². The Balaban J connectivity index is 1.28. The van der Waals surface area contributed by atoms with Crippen molar-refractivity contribution in [3.8, 4) is 16.9 Å². The van der Waals surface area contributed by atoms with Gasteiger partial charge in [0, 0.05) is 12.5 Å². The second kappa shape index (κ2) is 9.52. The molecule has 0 bridgehead atoms. The zero-order chi connectivity index (χ0) is 21.6. The Bertz CT molecular complexity index is 1060. The lowest BCUT2D eigenvalue weighted by Gasteiger charge is -2.14. The SMILES string of the molecule is COc1ccc(C)c(C=CCCNC(=O)OCC2c3ccccc3-c3ccccc32)c1. The Morgan fingerprint density at radius 1 is 1.00 bits per heavy atom. The molecule has 4 rings (SSSR count). The summed E-state index contributed by atoms with van der Waals surface area (Å²) in [6, 6.07) is 22.7. The number of hydrogen-bond donors (Lipinski definition) is 1. The Kier molecular flexibility index (Phi) is 6.37. The molecule has 0 radical (unpaired) electrons. The van der Waals surface area contributed by atoms with Gasteiger partial charge in [0.1, 0.15) is 12.4 Å². The van der Waals surface area contributed by atoms with E-state index in [1.165, 1.54) is 27.8 Å². The van der Waals surface area contributed by atoms with Crippen LogP contribution in [0.1, 0.15) is 34.6 Å². The highest BCUT2D eigenvalue weighted by atomic mass is 16.5. The highest BCUT2D eigenvalue weighted by molar-refractivity contribution is 5.79. The third kappa shape index (κ3) is 4.64. The summed E-state index contributed by atoms with van der Waals surface area (Å²) in [6.45, 7) is 2.92. The molecular formula is C27H27NO3. The first-order valence-corrected chi connectivity index (χ1v) is 10.6. The Morgan fingerprint density at radius 3 is 2.35 bits per heavy atom. The van der Waals surface area contributed by atoms with Crippen LogP contribution < -0.4 is 10.1 Å². The number of carbonyl (C=O) groups excluding carboxylic acids is 1. The molecular weight excluding hydrogens is 386 g/mol. The van der Waals surface area contributed by atoms with Gasteiger partial charge in [-0.3, -0.25) is 0 Å². The average molecular weight is 414 g/mol. The summed E-state index contributed by atoms with van der Waals surface area (Å²) in [6.07, 6.45) is 4.44. The van der Waals surface area contributed by atoms with Crippen molar-refractivity contribution in [1.82, 2.24) is 5.32 Å². The topological polar surface area (TPSA) is 47.6 Å². The number of methoxy groups -OCH3 is 1. The van der Waals surface area contributed by atoms with E-state index in [9.17, 15) is 4.79 Å². The first kappa shape index (κ1) is 20.7. The lowest BCUT2D eigenvalue weighted by atomic mass is 9.98. The molecule has 4 heteroatoms. The Morgan fingerprint density at radius 2 is 1.68 bits per heavy atom. The first-order chi connectivity index (χ1) is 15.2. The molecule has 1 aliphatic rings. The van der Waals surface area contributed by atoms with Gasteiger partial charge in [-0.25, -0.2) is 4.79 Å². The molecule has 0 spiro atoms. The lowest BCUT2D eigenvalue weighted by Crippen LogP contribution is -2.26. The van der Waals surface area contributed by atoms with E-state index in [0.717, 1.165) is 17.7 Å². The second-order valence-corrected chi connectivity index (χ2v) is 7.67. The summed E-state index contributed by atoms with van der Waals surface area (Å²) < 4.78 is 10.8. The number of amides is 1. The van der Waals surface area contributed by atoms with Crippen molar-refractivity contribution in [2.45, 2.75) is 19.3 Å². The van der Waals surface area contributed by atoms with Crippen molar-refractivity contribution in [3.63, 3.8) is 0 Å². The molecule has 31 heavy (non-hydrogen) atoms. The predicted octanol–water partition coefficient (Wildman–Crippen LogP) is 5.95. The number of nitrogens with one attached hydrogen (secondary N) is 1. The van der Waals surface area contributed by atoms with Gasteiger partial charge in [-0.1, -0.05) is 66.7 Å². The van der Waals surface area contributed by atoms with E-state index in [1.54, 1.807) is 7.11 Å². The van der Waals surface area contributed by atoms with Gasteiger partial charge in [-0.15, -0.1) is 0 Å². The quantitative estimate of drug-likeness (QED) is 0.487. The van der Waals surface area contributed by atoms with Crippen LogP contribution in [0.15, 0.2) is 72.8 Å². The third-order valence-corrected chi connectivity index (χ3v) is 5.71. The van der Waals surface area contributed by atoms with Crippen LogP contribution in [0.5, 0.6) is 5.75 Å². The fourth-order valence-electron chi connectivity index (χ4n) is 4.04. The van der Waals surface area contributed by atoms with E-state index in [0.29, 0.717) is 13.2 Å². The van der Waals surface area contributed by atoms with E-state index in [2.05, 4.69) is 42.6 Å². The fourth-order valence-corrected chi connectivity index (χ4v) is 4.04. The normalized spacial score (nSPS) is 12.5. The van der Waals surface area contributed by atoms with Crippen LogP contribution in [0.4, 0.5) is 4.79 Å². The van der Waals surface area contributed by atoms with Gasteiger partial charge in [-0.05, 0) is 58.9 Å². The molecule has 1 aliphatic carbocycles. The fraction of sp³-hybridized carbons (Fsp3) is 0.222. The second-order valence-electron chi connectivity index (χ2n) is 7.67. The number of hydrogen-bond acceptors (Lipinski definition) is 3. The van der Waals surface area contributed by atoms with Gasteiger partial charge in [0.05, 0.1) is 7.11 Å². The van der Waals surface area contributed by atoms with E-state index in [-0.39, 0.29) is 12.0 Å². The van der Waals surface area contributed by atoms with E-state index in [4.69, 9.17) is 9.47 Å². The maximum atomic E-state index is 12.2. The van der Waals surface area contributed by atoms with Crippen LogP contribution in [-0.2, 0) is 4.74 Å². The molecule has 3 aromatic carbocycles. The van der Waals surface area contributed by atoms with Crippen LogP contribution in [0, 0.1) is 6.92 Å². The van der Waals surface area contributed by atoms with Gasteiger partial charge >= 0.3 is 6.09 Å². The summed E-state index contributed by atoms with van der Waals surface area (Å²) in [5.74, 6) is 0.913. The molecule has 0 aliphatic heterocycles. The maximum absolute atomic E-state index is 12.2. The molecule has 1 N–H and O–H groups in total. The molecule has 0 fully saturated rings. The molecule has 0 saturated heterocycles. The largest absolute Gasteiger partial charge is 0.497 e. The van der Waals surface area contributed by atoms with Crippen molar-refractivity contribution >= 4 is 12.2 Å². The molecule has 158 valence electrons. The summed E-state index contributed by atoms with van der Waals surface area (Å²) in [4.78, 5) is 12.2. The molecule has 0 saturated carbocycles. The molecule has 0 aromatic heterocycles. The van der Waals surface area contributed by atoms with Crippen LogP contribution in [0.3, 0.4) is 0 Å².